The topological polar surface area (TPSA) is 168 Å². The highest BCUT2D eigenvalue weighted by Crippen LogP contribution is 2.47. The van der Waals surface area contributed by atoms with Crippen LogP contribution in [-0.4, -0.2) is 46.1 Å². The van der Waals surface area contributed by atoms with E-state index in [9.17, 15) is 28.6 Å². The SMILES string of the molecule is CC(=O)N[C@@H](Cc1ccc(CP(=O)(O)Cc2ccccc2)cc1)C(=O)NC1(C(=O)N[C@@H]2CCCC[C@@H]2C(N)=O)CCCCC1. The highest BCUT2D eigenvalue weighted by atomic mass is 31.2. The maximum absolute atomic E-state index is 13.8. The zero-order chi connectivity index (χ0) is 31.7. The van der Waals surface area contributed by atoms with E-state index in [1.54, 1.807) is 24.3 Å². The average molecular weight is 625 g/mol. The molecule has 2 aliphatic rings. The van der Waals surface area contributed by atoms with Gasteiger partial charge in [-0.05, 0) is 42.4 Å². The monoisotopic (exact) mass is 624 g/mol. The number of nitrogens with one attached hydrogen (secondary N) is 3. The zero-order valence-electron chi connectivity index (χ0n) is 25.4. The first-order valence-corrected chi connectivity index (χ1v) is 17.6. The molecule has 4 amide bonds. The van der Waals surface area contributed by atoms with Crippen LogP contribution in [0.15, 0.2) is 54.6 Å². The van der Waals surface area contributed by atoms with Crippen LogP contribution in [-0.2, 0) is 42.5 Å². The van der Waals surface area contributed by atoms with E-state index >= 15 is 0 Å². The van der Waals surface area contributed by atoms with Crippen LogP contribution in [0, 0.1) is 5.92 Å². The van der Waals surface area contributed by atoms with E-state index in [1.165, 1.54) is 6.92 Å². The van der Waals surface area contributed by atoms with Crippen molar-refractivity contribution < 1.29 is 28.6 Å². The summed E-state index contributed by atoms with van der Waals surface area (Å²) in [7, 11) is -3.46. The minimum Gasteiger partial charge on any atom is -0.369 e. The number of primary amides is 1. The number of amides is 4. The van der Waals surface area contributed by atoms with Crippen LogP contribution >= 0.6 is 7.37 Å². The third-order valence-electron chi connectivity index (χ3n) is 8.81. The molecule has 0 aromatic heterocycles. The van der Waals surface area contributed by atoms with Gasteiger partial charge in [-0.1, -0.05) is 86.7 Å². The van der Waals surface area contributed by atoms with Crippen molar-refractivity contribution in [3.05, 3.63) is 71.3 Å². The van der Waals surface area contributed by atoms with Crippen molar-refractivity contribution in [2.24, 2.45) is 11.7 Å². The third kappa shape index (κ3) is 9.26. The molecule has 2 aliphatic carbocycles. The fourth-order valence-corrected chi connectivity index (χ4v) is 8.19. The van der Waals surface area contributed by atoms with Gasteiger partial charge in [-0.15, -0.1) is 0 Å². The first-order chi connectivity index (χ1) is 21.0. The van der Waals surface area contributed by atoms with Gasteiger partial charge in [0.05, 0.1) is 5.92 Å². The summed E-state index contributed by atoms with van der Waals surface area (Å²) in [6, 6.07) is 15.0. The van der Waals surface area contributed by atoms with E-state index in [4.69, 9.17) is 5.73 Å². The quantitative estimate of drug-likeness (QED) is 0.226. The van der Waals surface area contributed by atoms with Gasteiger partial charge in [-0.25, -0.2) is 0 Å². The number of nitrogens with two attached hydrogens (primary N) is 1. The molecule has 0 spiro atoms. The van der Waals surface area contributed by atoms with Gasteiger partial charge < -0.3 is 26.6 Å². The Morgan fingerprint density at radius 1 is 0.886 bits per heavy atom. The van der Waals surface area contributed by atoms with Crippen molar-refractivity contribution in [1.29, 1.82) is 0 Å². The second-order valence-electron chi connectivity index (χ2n) is 12.4. The largest absolute Gasteiger partial charge is 0.369 e. The number of rotatable bonds is 12. The van der Waals surface area contributed by atoms with Gasteiger partial charge in [-0.2, -0.15) is 0 Å². The molecular weight excluding hydrogens is 579 g/mol. The molecule has 0 saturated heterocycles. The first kappa shape index (κ1) is 33.4. The molecule has 6 N–H and O–H groups in total. The van der Waals surface area contributed by atoms with Gasteiger partial charge in [0.15, 0.2) is 0 Å². The van der Waals surface area contributed by atoms with Gasteiger partial charge in [0.2, 0.25) is 31.0 Å². The maximum atomic E-state index is 13.8. The number of hydrogen-bond donors (Lipinski definition) is 5. The molecule has 4 atom stereocenters. The third-order valence-corrected chi connectivity index (χ3v) is 10.5. The number of carbonyl (C=O) groups is 4. The van der Waals surface area contributed by atoms with Gasteiger partial charge in [-0.3, -0.25) is 23.7 Å². The van der Waals surface area contributed by atoms with Crippen LogP contribution < -0.4 is 21.7 Å². The van der Waals surface area contributed by atoms with Gasteiger partial charge in [0.1, 0.15) is 11.6 Å². The van der Waals surface area contributed by atoms with E-state index in [-0.39, 0.29) is 36.6 Å². The Balaban J connectivity index is 1.44. The predicted molar refractivity (Wildman–Crippen MR) is 168 cm³/mol. The summed E-state index contributed by atoms with van der Waals surface area (Å²) in [5.41, 5.74) is 6.74. The molecule has 2 saturated carbocycles. The number of benzene rings is 2. The van der Waals surface area contributed by atoms with Crippen LogP contribution in [0.5, 0.6) is 0 Å². The molecule has 2 fully saturated rings. The Morgan fingerprint density at radius 2 is 1.48 bits per heavy atom. The summed E-state index contributed by atoms with van der Waals surface area (Å²) >= 11 is 0. The maximum Gasteiger partial charge on any atom is 0.245 e. The number of carbonyl (C=O) groups excluding carboxylic acids is 4. The van der Waals surface area contributed by atoms with E-state index in [0.717, 1.165) is 43.2 Å². The van der Waals surface area contributed by atoms with Crippen LogP contribution in [0.3, 0.4) is 0 Å². The van der Waals surface area contributed by atoms with E-state index < -0.39 is 36.7 Å². The standard InChI is InChI=1S/C33H45N4O6P/c1-23(38)35-29(20-24-14-16-26(17-15-24)22-44(42,43)21-25-10-4-2-5-11-25)31(40)37-33(18-8-3-9-19-33)32(41)36-28-13-7-6-12-27(28)30(34)39/h2,4-5,10-11,14-17,27-29H,3,6-9,12-13,18-22H2,1H3,(H2,34,39)(H,35,38)(H,36,41)(H,37,40)(H,42,43)/t27-,28+,29-/m0/s1. The summed E-state index contributed by atoms with van der Waals surface area (Å²) in [4.78, 5) is 62.2. The smallest absolute Gasteiger partial charge is 0.245 e. The van der Waals surface area contributed by atoms with Crippen LogP contribution in [0.4, 0.5) is 0 Å². The minimum atomic E-state index is -3.46. The van der Waals surface area contributed by atoms with Crippen molar-refractivity contribution in [1.82, 2.24) is 16.0 Å². The second-order valence-corrected chi connectivity index (χ2v) is 14.8. The average Bonchev–Trinajstić information content (AvgIpc) is 2.98. The molecule has 0 heterocycles. The lowest BCUT2D eigenvalue weighted by Gasteiger charge is -2.40. The first-order valence-electron chi connectivity index (χ1n) is 15.6. The molecule has 0 aliphatic heterocycles. The van der Waals surface area contributed by atoms with Gasteiger partial charge in [0, 0.05) is 31.7 Å². The molecule has 11 heteroatoms. The van der Waals surface area contributed by atoms with Crippen molar-refractivity contribution in [3.8, 4) is 0 Å². The zero-order valence-corrected chi connectivity index (χ0v) is 26.3. The van der Waals surface area contributed by atoms with Crippen molar-refractivity contribution in [2.75, 3.05) is 0 Å². The molecule has 0 bridgehead atoms. The molecule has 238 valence electrons. The van der Waals surface area contributed by atoms with Gasteiger partial charge >= 0.3 is 0 Å². The molecule has 0 radical (unpaired) electrons. The fourth-order valence-electron chi connectivity index (χ4n) is 6.52. The Bertz CT molecular complexity index is 1360. The minimum absolute atomic E-state index is 0.0209. The lowest BCUT2D eigenvalue weighted by molar-refractivity contribution is -0.138. The van der Waals surface area contributed by atoms with Crippen molar-refractivity contribution in [2.45, 2.75) is 101 Å². The fraction of sp³-hybridized carbons (Fsp3) is 0.515. The summed E-state index contributed by atoms with van der Waals surface area (Å²) in [6.45, 7) is 1.34. The predicted octanol–water partition coefficient (Wildman–Crippen LogP) is 3.68. The summed E-state index contributed by atoms with van der Waals surface area (Å²) in [5.74, 6) is -2.00. The summed E-state index contributed by atoms with van der Waals surface area (Å²) in [6.07, 6.45) is 6.75. The summed E-state index contributed by atoms with van der Waals surface area (Å²) < 4.78 is 12.9. The van der Waals surface area contributed by atoms with Crippen molar-refractivity contribution in [3.63, 3.8) is 0 Å². The molecule has 1 unspecified atom stereocenters. The van der Waals surface area contributed by atoms with Crippen LogP contribution in [0.2, 0.25) is 0 Å². The van der Waals surface area contributed by atoms with E-state index in [1.807, 2.05) is 30.3 Å². The molecule has 2 aromatic rings. The lowest BCUT2D eigenvalue weighted by atomic mass is 9.79. The van der Waals surface area contributed by atoms with E-state index in [0.29, 0.717) is 31.2 Å². The van der Waals surface area contributed by atoms with Crippen LogP contribution in [0.25, 0.3) is 0 Å². The lowest BCUT2D eigenvalue weighted by Crippen LogP contribution is -2.65. The normalized spacial score (nSPS) is 21.7. The molecular formula is C33H45N4O6P. The Hall–Kier alpha value is -3.49. The highest BCUT2D eigenvalue weighted by Gasteiger charge is 2.44. The Kier molecular flexibility index (Phi) is 11.4. The van der Waals surface area contributed by atoms with Gasteiger partial charge in [0.25, 0.3) is 0 Å². The molecule has 10 nitrogen and oxygen atoms in total. The molecule has 4 rings (SSSR count). The molecule has 2 aromatic carbocycles. The number of hydrogen-bond acceptors (Lipinski definition) is 5. The van der Waals surface area contributed by atoms with Crippen LogP contribution in [0.1, 0.15) is 81.4 Å². The van der Waals surface area contributed by atoms with Crippen molar-refractivity contribution >= 4 is 31.0 Å². The Labute approximate surface area is 259 Å². The Morgan fingerprint density at radius 3 is 2.09 bits per heavy atom. The second kappa shape index (κ2) is 15.0. The molecule has 44 heavy (non-hydrogen) atoms. The summed E-state index contributed by atoms with van der Waals surface area (Å²) in [5, 5.41) is 8.78. The van der Waals surface area contributed by atoms with E-state index in [2.05, 4.69) is 16.0 Å². The highest BCUT2D eigenvalue weighted by molar-refractivity contribution is 7.56.